The monoisotopic (exact) mass is 342 g/mol. The molecule has 1 N–H and O–H groups in total. The number of halogens is 1. The van der Waals surface area contributed by atoms with Gasteiger partial charge in [-0.1, -0.05) is 40.2 Å². The van der Waals surface area contributed by atoms with Crippen LogP contribution < -0.4 is 5.32 Å². The van der Waals surface area contributed by atoms with Gasteiger partial charge in [0.1, 0.15) is 0 Å². The highest BCUT2D eigenvalue weighted by Gasteiger charge is 2.10. The Morgan fingerprint density at radius 1 is 1.14 bits per heavy atom. The molecule has 21 heavy (non-hydrogen) atoms. The molecule has 2 rings (SSSR count). The number of benzene rings is 2. The zero-order valence-corrected chi connectivity index (χ0v) is 13.9. The summed E-state index contributed by atoms with van der Waals surface area (Å²) in [7, 11) is 0. The molecule has 0 bridgehead atoms. The summed E-state index contributed by atoms with van der Waals surface area (Å²) in [5.41, 5.74) is 3.18. The molecule has 2 aromatic carbocycles. The van der Waals surface area contributed by atoms with Crippen LogP contribution in [0, 0.1) is 11.3 Å². The van der Waals surface area contributed by atoms with E-state index in [1.165, 1.54) is 5.56 Å². The van der Waals surface area contributed by atoms with Gasteiger partial charge in [-0.3, -0.25) is 0 Å². The van der Waals surface area contributed by atoms with Crippen LogP contribution in [0.2, 0.25) is 0 Å². The van der Waals surface area contributed by atoms with E-state index in [4.69, 9.17) is 5.26 Å². The average Bonchev–Trinajstić information content (AvgIpc) is 2.49. The molecule has 0 saturated heterocycles. The highest BCUT2D eigenvalue weighted by atomic mass is 79.9. The Hall–Kier alpha value is -1.63. The minimum absolute atomic E-state index is 0.226. The van der Waals surface area contributed by atoms with Gasteiger partial charge in [-0.15, -0.1) is 0 Å². The van der Waals surface area contributed by atoms with E-state index in [1.807, 2.05) is 18.2 Å². The third kappa shape index (κ3) is 4.70. The Labute approximate surface area is 134 Å². The second-order valence-electron chi connectivity index (χ2n) is 5.36. The minimum atomic E-state index is 0.226. The van der Waals surface area contributed by atoms with E-state index in [9.17, 15) is 0 Å². The van der Waals surface area contributed by atoms with Gasteiger partial charge < -0.3 is 5.32 Å². The molecule has 0 spiro atoms. The van der Waals surface area contributed by atoms with E-state index in [2.05, 4.69) is 71.5 Å². The van der Waals surface area contributed by atoms with Crippen molar-refractivity contribution < 1.29 is 0 Å². The minimum Gasteiger partial charge on any atom is -0.307 e. The largest absolute Gasteiger partial charge is 0.307 e. The van der Waals surface area contributed by atoms with Crippen molar-refractivity contribution in [2.24, 2.45) is 0 Å². The Morgan fingerprint density at radius 3 is 2.52 bits per heavy atom. The summed E-state index contributed by atoms with van der Waals surface area (Å²) in [6, 6.07) is 19.0. The molecule has 0 aliphatic rings. The fourth-order valence-corrected chi connectivity index (χ4v) is 2.70. The number of nitrogens with one attached hydrogen (secondary N) is 1. The van der Waals surface area contributed by atoms with Crippen LogP contribution in [0.25, 0.3) is 0 Å². The second kappa shape index (κ2) is 7.40. The van der Waals surface area contributed by atoms with E-state index >= 15 is 0 Å². The molecular weight excluding hydrogens is 324 g/mol. The molecule has 3 heteroatoms. The maximum Gasteiger partial charge on any atom is 0.0991 e. The van der Waals surface area contributed by atoms with Gasteiger partial charge in [-0.05, 0) is 55.7 Å². The van der Waals surface area contributed by atoms with E-state index in [0.717, 1.165) is 16.5 Å². The summed E-state index contributed by atoms with van der Waals surface area (Å²) in [5, 5.41) is 12.6. The maximum atomic E-state index is 8.97. The van der Waals surface area contributed by atoms with Gasteiger partial charge in [-0.2, -0.15) is 5.26 Å². The molecule has 0 saturated carbocycles. The lowest BCUT2D eigenvalue weighted by Crippen LogP contribution is -2.30. The van der Waals surface area contributed by atoms with Gasteiger partial charge in [0.2, 0.25) is 0 Å². The highest BCUT2D eigenvalue weighted by molar-refractivity contribution is 9.10. The van der Waals surface area contributed by atoms with Crippen LogP contribution in [0.4, 0.5) is 0 Å². The molecule has 0 aliphatic heterocycles. The summed E-state index contributed by atoms with van der Waals surface area (Å²) in [4.78, 5) is 0. The summed E-state index contributed by atoms with van der Waals surface area (Å²) in [6.45, 7) is 4.32. The number of rotatable bonds is 5. The number of nitrogens with zero attached hydrogens (tertiary/aromatic N) is 1. The first kappa shape index (κ1) is 15.8. The van der Waals surface area contributed by atoms with E-state index in [0.29, 0.717) is 11.6 Å². The van der Waals surface area contributed by atoms with E-state index in [-0.39, 0.29) is 6.04 Å². The van der Waals surface area contributed by atoms with Crippen LogP contribution in [0.3, 0.4) is 0 Å². The van der Waals surface area contributed by atoms with E-state index < -0.39 is 0 Å². The van der Waals surface area contributed by atoms with Crippen molar-refractivity contribution >= 4 is 15.9 Å². The third-order valence-electron chi connectivity index (χ3n) is 3.51. The topological polar surface area (TPSA) is 35.8 Å². The fraction of sp³-hybridized carbons (Fsp3) is 0.278. The summed E-state index contributed by atoms with van der Waals surface area (Å²) < 4.78 is 1.11. The van der Waals surface area contributed by atoms with Crippen LogP contribution in [0.15, 0.2) is 53.0 Å². The summed E-state index contributed by atoms with van der Waals surface area (Å²) in [5.74, 6) is 0. The zero-order valence-electron chi connectivity index (χ0n) is 12.3. The molecule has 0 amide bonds. The predicted molar refractivity (Wildman–Crippen MR) is 90.0 cm³/mol. The van der Waals surface area contributed by atoms with E-state index in [1.54, 1.807) is 0 Å². The summed E-state index contributed by atoms with van der Waals surface area (Å²) in [6.07, 6.45) is 0.982. The molecule has 2 unspecified atom stereocenters. The lowest BCUT2D eigenvalue weighted by Gasteiger charge is -2.20. The van der Waals surface area contributed by atoms with Crippen LogP contribution in [-0.2, 0) is 6.42 Å². The Balaban J connectivity index is 1.96. The van der Waals surface area contributed by atoms with Crippen molar-refractivity contribution in [3.63, 3.8) is 0 Å². The van der Waals surface area contributed by atoms with Crippen molar-refractivity contribution in [2.45, 2.75) is 32.4 Å². The lowest BCUT2D eigenvalue weighted by molar-refractivity contribution is 0.477. The fourth-order valence-electron chi connectivity index (χ4n) is 2.43. The zero-order chi connectivity index (χ0) is 15.2. The van der Waals surface area contributed by atoms with Crippen molar-refractivity contribution in [3.8, 4) is 6.07 Å². The molecular formula is C18H19BrN2. The standard InChI is InChI=1S/C18H19BrN2/c1-13(10-15-6-8-18(19)9-7-15)21-14(2)17-5-3-4-16(11-17)12-20/h3-9,11,13-14,21H,10H2,1-2H3. The number of hydrogen-bond acceptors (Lipinski definition) is 2. The third-order valence-corrected chi connectivity index (χ3v) is 4.03. The quantitative estimate of drug-likeness (QED) is 0.861. The van der Waals surface area contributed by atoms with Crippen LogP contribution in [0.1, 0.15) is 36.6 Å². The SMILES string of the molecule is CC(Cc1ccc(Br)cc1)NC(C)c1cccc(C#N)c1. The van der Waals surface area contributed by atoms with Crippen molar-refractivity contribution in [3.05, 3.63) is 69.7 Å². The van der Waals surface area contributed by atoms with Gasteiger partial charge in [0.15, 0.2) is 0 Å². The lowest BCUT2D eigenvalue weighted by atomic mass is 10.0. The van der Waals surface area contributed by atoms with Crippen molar-refractivity contribution in [1.82, 2.24) is 5.32 Å². The van der Waals surface area contributed by atoms with Gasteiger partial charge in [0, 0.05) is 16.6 Å². The van der Waals surface area contributed by atoms with Crippen LogP contribution in [0.5, 0.6) is 0 Å². The number of hydrogen-bond donors (Lipinski definition) is 1. The van der Waals surface area contributed by atoms with Gasteiger partial charge in [0.25, 0.3) is 0 Å². The maximum absolute atomic E-state index is 8.97. The molecule has 0 aliphatic carbocycles. The van der Waals surface area contributed by atoms with Crippen LogP contribution >= 0.6 is 15.9 Å². The summed E-state index contributed by atoms with van der Waals surface area (Å²) >= 11 is 3.45. The number of nitriles is 1. The molecule has 0 heterocycles. The Kier molecular flexibility index (Phi) is 5.55. The molecule has 0 aromatic heterocycles. The first-order valence-corrected chi connectivity index (χ1v) is 7.88. The molecule has 2 atom stereocenters. The van der Waals surface area contributed by atoms with Crippen molar-refractivity contribution in [1.29, 1.82) is 5.26 Å². The molecule has 0 radical (unpaired) electrons. The Morgan fingerprint density at radius 2 is 1.86 bits per heavy atom. The van der Waals surface area contributed by atoms with Gasteiger partial charge in [0.05, 0.1) is 11.6 Å². The Bertz CT molecular complexity index is 628. The highest BCUT2D eigenvalue weighted by Crippen LogP contribution is 2.16. The van der Waals surface area contributed by atoms with Gasteiger partial charge >= 0.3 is 0 Å². The average molecular weight is 343 g/mol. The van der Waals surface area contributed by atoms with Gasteiger partial charge in [-0.25, -0.2) is 0 Å². The van der Waals surface area contributed by atoms with Crippen LogP contribution in [-0.4, -0.2) is 6.04 Å². The first-order chi connectivity index (χ1) is 10.1. The smallest absolute Gasteiger partial charge is 0.0991 e. The first-order valence-electron chi connectivity index (χ1n) is 7.09. The molecule has 2 nitrogen and oxygen atoms in total. The second-order valence-corrected chi connectivity index (χ2v) is 6.27. The van der Waals surface area contributed by atoms with Crippen molar-refractivity contribution in [2.75, 3.05) is 0 Å². The molecule has 0 fully saturated rings. The normalized spacial score (nSPS) is 13.4. The molecule has 2 aromatic rings. The predicted octanol–water partition coefficient (Wildman–Crippen LogP) is 4.60. The molecule has 108 valence electrons.